The molecule has 150 valence electrons. The zero-order valence-electron chi connectivity index (χ0n) is 16.1. The Balaban J connectivity index is 1.56. The summed E-state index contributed by atoms with van der Waals surface area (Å²) in [4.78, 5) is 0.214. The smallest absolute Gasteiger partial charge is 0.240 e. The Morgan fingerprint density at radius 1 is 1.17 bits per heavy atom. The van der Waals surface area contributed by atoms with E-state index in [4.69, 9.17) is 0 Å². The second-order valence-electron chi connectivity index (χ2n) is 6.74. The molecule has 3 heterocycles. The maximum Gasteiger partial charge on any atom is 0.240 e. The average molecular weight is 428 g/mol. The molecular weight excluding hydrogens is 406 g/mol. The molecule has 0 aliphatic carbocycles. The van der Waals surface area contributed by atoms with Crippen molar-refractivity contribution in [2.24, 2.45) is 0 Å². The third-order valence-electron chi connectivity index (χ3n) is 4.65. The van der Waals surface area contributed by atoms with Crippen molar-refractivity contribution >= 4 is 21.4 Å². The molecule has 0 aliphatic heterocycles. The van der Waals surface area contributed by atoms with Crippen molar-refractivity contribution in [3.63, 3.8) is 0 Å². The fourth-order valence-corrected chi connectivity index (χ4v) is 4.99. The Labute approximate surface area is 173 Å². The molecule has 3 aromatic heterocycles. The van der Waals surface area contributed by atoms with Crippen molar-refractivity contribution in [3.05, 3.63) is 82.6 Å². The van der Waals surface area contributed by atoms with E-state index in [1.807, 2.05) is 53.7 Å². The van der Waals surface area contributed by atoms with E-state index >= 15 is 0 Å². The molecule has 4 rings (SSSR count). The molecule has 0 aliphatic rings. The van der Waals surface area contributed by atoms with Gasteiger partial charge in [0, 0.05) is 24.6 Å². The van der Waals surface area contributed by atoms with Crippen LogP contribution in [0.25, 0.3) is 5.69 Å². The summed E-state index contributed by atoms with van der Waals surface area (Å²) < 4.78 is 32.0. The molecule has 29 heavy (non-hydrogen) atoms. The first-order chi connectivity index (χ1) is 13.9. The molecule has 0 amide bonds. The van der Waals surface area contributed by atoms with Crippen molar-refractivity contribution in [1.82, 2.24) is 24.3 Å². The van der Waals surface area contributed by atoms with Gasteiger partial charge in [0.2, 0.25) is 10.0 Å². The molecule has 0 spiro atoms. The van der Waals surface area contributed by atoms with Gasteiger partial charge in [-0.15, -0.1) is 0 Å². The number of hydrogen-bond donors (Lipinski definition) is 1. The minimum Gasteiger partial charge on any atom is -0.261 e. The highest BCUT2D eigenvalue weighted by Crippen LogP contribution is 2.23. The zero-order chi connectivity index (χ0) is 20.4. The predicted molar refractivity (Wildman–Crippen MR) is 113 cm³/mol. The predicted octanol–water partition coefficient (Wildman–Crippen LogP) is 3.32. The topological polar surface area (TPSA) is 81.8 Å². The number of rotatable bonds is 7. The van der Waals surface area contributed by atoms with E-state index in [0.717, 1.165) is 22.6 Å². The molecule has 4 aromatic rings. The molecule has 7 nitrogen and oxygen atoms in total. The van der Waals surface area contributed by atoms with Gasteiger partial charge < -0.3 is 0 Å². The fourth-order valence-electron chi connectivity index (χ4n) is 3.24. The molecule has 0 fully saturated rings. The largest absolute Gasteiger partial charge is 0.261 e. The van der Waals surface area contributed by atoms with Crippen molar-refractivity contribution in [1.29, 1.82) is 0 Å². The third-order valence-corrected chi connectivity index (χ3v) is 6.79. The lowest BCUT2D eigenvalue weighted by Crippen LogP contribution is -2.32. The molecule has 1 N–H and O–H groups in total. The molecule has 0 radical (unpaired) electrons. The van der Waals surface area contributed by atoms with Crippen molar-refractivity contribution in [2.45, 2.75) is 24.8 Å². The quantitative estimate of drug-likeness (QED) is 0.491. The number of aryl methyl sites for hydroxylation is 2. The van der Waals surface area contributed by atoms with E-state index in [1.54, 1.807) is 46.5 Å². The van der Waals surface area contributed by atoms with Crippen LogP contribution >= 0.6 is 11.3 Å². The summed E-state index contributed by atoms with van der Waals surface area (Å²) >= 11 is 1.58. The molecule has 0 saturated carbocycles. The number of sulfonamides is 1. The monoisotopic (exact) mass is 427 g/mol. The van der Waals surface area contributed by atoms with E-state index in [0.29, 0.717) is 0 Å². The summed E-state index contributed by atoms with van der Waals surface area (Å²) in [6.45, 7) is 4.11. The van der Waals surface area contributed by atoms with Crippen LogP contribution in [0.2, 0.25) is 0 Å². The number of hydrogen-bond acceptors (Lipinski definition) is 5. The number of thiophene rings is 1. The normalized spacial score (nSPS) is 12.9. The maximum atomic E-state index is 12.9. The van der Waals surface area contributed by atoms with Gasteiger partial charge in [-0.25, -0.2) is 17.8 Å². The van der Waals surface area contributed by atoms with Gasteiger partial charge >= 0.3 is 0 Å². The summed E-state index contributed by atoms with van der Waals surface area (Å²) in [6.07, 6.45) is 3.48. The van der Waals surface area contributed by atoms with Crippen molar-refractivity contribution in [3.8, 4) is 5.69 Å². The van der Waals surface area contributed by atoms with E-state index in [1.165, 1.54) is 0 Å². The van der Waals surface area contributed by atoms with Gasteiger partial charge in [0.25, 0.3) is 0 Å². The average Bonchev–Trinajstić information content (AvgIpc) is 3.45. The summed E-state index contributed by atoms with van der Waals surface area (Å²) in [5, 5.41) is 12.7. The highest BCUT2D eigenvalue weighted by molar-refractivity contribution is 7.89. The lowest BCUT2D eigenvalue weighted by Gasteiger charge is -2.19. The third kappa shape index (κ3) is 4.16. The first-order valence-corrected chi connectivity index (χ1v) is 11.5. The van der Waals surface area contributed by atoms with Gasteiger partial charge in [-0.1, -0.05) is 0 Å². The number of benzene rings is 1. The molecule has 1 atom stereocenters. The van der Waals surface area contributed by atoms with Crippen LogP contribution < -0.4 is 4.72 Å². The van der Waals surface area contributed by atoms with Gasteiger partial charge in [-0.05, 0) is 72.6 Å². The van der Waals surface area contributed by atoms with E-state index < -0.39 is 10.0 Å². The maximum absolute atomic E-state index is 12.9. The molecule has 0 saturated heterocycles. The Hall–Kier alpha value is -2.75. The lowest BCUT2D eigenvalue weighted by molar-refractivity contribution is 0.495. The highest BCUT2D eigenvalue weighted by Gasteiger charge is 2.22. The van der Waals surface area contributed by atoms with Gasteiger partial charge in [-0.2, -0.15) is 21.5 Å². The Morgan fingerprint density at radius 2 is 1.97 bits per heavy atom. The van der Waals surface area contributed by atoms with Gasteiger partial charge in [-0.3, -0.25) is 4.68 Å². The minimum absolute atomic E-state index is 0.210. The SMILES string of the molecule is Cc1cc(C)n(C(CNS(=O)(=O)c2ccc(-n3cccn3)cc2)c2ccsc2)n1. The number of aromatic nitrogens is 4. The van der Waals surface area contributed by atoms with E-state index in [9.17, 15) is 8.42 Å². The van der Waals surface area contributed by atoms with Crippen LogP contribution in [0.15, 0.2) is 70.5 Å². The lowest BCUT2D eigenvalue weighted by atomic mass is 10.1. The molecule has 1 unspecified atom stereocenters. The van der Waals surface area contributed by atoms with Crippen LogP contribution in [-0.4, -0.2) is 34.5 Å². The van der Waals surface area contributed by atoms with Gasteiger partial charge in [0.05, 0.1) is 22.3 Å². The fraction of sp³-hybridized carbons (Fsp3) is 0.200. The van der Waals surface area contributed by atoms with Crippen LogP contribution in [0.5, 0.6) is 0 Å². The summed E-state index contributed by atoms with van der Waals surface area (Å²) in [7, 11) is -3.66. The minimum atomic E-state index is -3.66. The van der Waals surface area contributed by atoms with Crippen LogP contribution in [-0.2, 0) is 10.0 Å². The van der Waals surface area contributed by atoms with E-state index in [-0.39, 0.29) is 17.5 Å². The van der Waals surface area contributed by atoms with Gasteiger partial charge in [0.15, 0.2) is 0 Å². The highest BCUT2D eigenvalue weighted by atomic mass is 32.2. The Kier molecular flexibility index (Phi) is 5.35. The van der Waals surface area contributed by atoms with Crippen LogP contribution in [0, 0.1) is 13.8 Å². The standard InChI is InChI=1S/C20H21N5O2S2/c1-15-12-16(2)25(23-15)20(17-8-11-28-14-17)13-22-29(26,27)19-6-4-18(5-7-19)24-10-3-9-21-24/h3-12,14,20,22H,13H2,1-2H3. The Morgan fingerprint density at radius 3 is 2.55 bits per heavy atom. The summed E-state index contributed by atoms with van der Waals surface area (Å²) in [5.41, 5.74) is 3.71. The first-order valence-electron chi connectivity index (χ1n) is 9.08. The Bertz CT molecular complexity index is 1180. The summed E-state index contributed by atoms with van der Waals surface area (Å²) in [6, 6.07) is 12.2. The van der Waals surface area contributed by atoms with Crippen molar-refractivity contribution in [2.75, 3.05) is 6.54 Å². The zero-order valence-corrected chi connectivity index (χ0v) is 17.7. The van der Waals surface area contributed by atoms with E-state index in [2.05, 4.69) is 14.9 Å². The molecule has 0 bridgehead atoms. The van der Waals surface area contributed by atoms with Crippen LogP contribution in [0.3, 0.4) is 0 Å². The van der Waals surface area contributed by atoms with Crippen LogP contribution in [0.1, 0.15) is 23.0 Å². The summed E-state index contributed by atoms with van der Waals surface area (Å²) in [5.74, 6) is 0. The molecular formula is C20H21N5O2S2. The van der Waals surface area contributed by atoms with Crippen LogP contribution in [0.4, 0.5) is 0 Å². The number of nitrogens with zero attached hydrogens (tertiary/aromatic N) is 4. The van der Waals surface area contributed by atoms with Crippen molar-refractivity contribution < 1.29 is 8.42 Å². The molecule has 9 heteroatoms. The second-order valence-corrected chi connectivity index (χ2v) is 9.29. The number of nitrogens with one attached hydrogen (secondary N) is 1. The second kappa shape index (κ2) is 7.94. The first kappa shape index (κ1) is 19.6. The van der Waals surface area contributed by atoms with Gasteiger partial charge in [0.1, 0.15) is 0 Å². The molecule has 1 aromatic carbocycles.